The molecule has 0 aromatic carbocycles. The minimum Gasteiger partial charge on any atom is -0.457 e. The Kier molecular flexibility index (Phi) is 6.50. The molecule has 35 heavy (non-hydrogen) atoms. The molecule has 4 aliphatic carbocycles. The second-order valence-corrected chi connectivity index (χ2v) is 13.7. The van der Waals surface area contributed by atoms with E-state index in [9.17, 15) is 15.0 Å². The Morgan fingerprint density at radius 3 is 2.40 bits per heavy atom. The largest absolute Gasteiger partial charge is 0.457 e. The van der Waals surface area contributed by atoms with E-state index in [4.69, 9.17) is 9.47 Å². The summed E-state index contributed by atoms with van der Waals surface area (Å²) >= 11 is 0. The van der Waals surface area contributed by atoms with Crippen LogP contribution in [-0.2, 0) is 14.3 Å². The molecule has 0 aromatic heterocycles. The number of carbonyl (C=O) groups is 1. The van der Waals surface area contributed by atoms with E-state index in [1.54, 1.807) is 5.57 Å². The summed E-state index contributed by atoms with van der Waals surface area (Å²) in [4.78, 5) is 11.6. The summed E-state index contributed by atoms with van der Waals surface area (Å²) < 4.78 is 11.7. The molecule has 0 spiro atoms. The van der Waals surface area contributed by atoms with E-state index < -0.39 is 24.3 Å². The van der Waals surface area contributed by atoms with Gasteiger partial charge in [-0.2, -0.15) is 0 Å². The van der Waals surface area contributed by atoms with Crippen LogP contribution in [-0.4, -0.2) is 46.7 Å². The van der Waals surface area contributed by atoms with Crippen molar-refractivity contribution in [1.29, 1.82) is 0 Å². The molecule has 4 fully saturated rings. The van der Waals surface area contributed by atoms with Gasteiger partial charge in [-0.25, -0.2) is 0 Å². The molecule has 1 heterocycles. The van der Waals surface area contributed by atoms with Gasteiger partial charge in [-0.3, -0.25) is 4.79 Å². The summed E-state index contributed by atoms with van der Waals surface area (Å²) in [6.45, 7) is 15.6. The number of ether oxygens (including phenoxy) is 2. The van der Waals surface area contributed by atoms with Crippen LogP contribution < -0.4 is 0 Å². The van der Waals surface area contributed by atoms with Gasteiger partial charge in [-0.15, -0.1) is 0 Å². The molecule has 1 saturated heterocycles. The smallest absolute Gasteiger partial charge is 0.303 e. The zero-order chi connectivity index (χ0) is 25.4. The third kappa shape index (κ3) is 3.94. The van der Waals surface area contributed by atoms with Crippen molar-refractivity contribution in [3.63, 3.8) is 0 Å². The molecule has 5 rings (SSSR count). The van der Waals surface area contributed by atoms with Crippen molar-refractivity contribution >= 4 is 5.97 Å². The van der Waals surface area contributed by atoms with Crippen LogP contribution in [0.3, 0.4) is 0 Å². The van der Waals surface area contributed by atoms with Crippen molar-refractivity contribution < 1.29 is 24.5 Å². The van der Waals surface area contributed by atoms with Crippen LogP contribution in [0.4, 0.5) is 0 Å². The third-order valence-electron chi connectivity index (χ3n) is 11.8. The molecular formula is C30H48O5. The second kappa shape index (κ2) is 8.84. The number of allylic oxidation sites excluding steroid dienone is 2. The molecule has 1 unspecified atom stereocenters. The number of aliphatic hydroxyl groups is 2. The number of fused-ring (bicyclic) bond motifs is 5. The fraction of sp³-hybridized carbons (Fsp3) is 0.900. The average molecular weight is 489 g/mol. The molecule has 0 aromatic rings. The molecule has 0 bridgehead atoms. The van der Waals surface area contributed by atoms with Crippen molar-refractivity contribution in [1.82, 2.24) is 0 Å². The van der Waals surface area contributed by atoms with Crippen LogP contribution >= 0.6 is 0 Å². The first-order valence-corrected chi connectivity index (χ1v) is 14.3. The zero-order valence-electron chi connectivity index (χ0n) is 22.9. The normalized spacial score (nSPS) is 50.5. The molecule has 5 heteroatoms. The van der Waals surface area contributed by atoms with E-state index in [0.29, 0.717) is 59.6 Å². The van der Waals surface area contributed by atoms with Gasteiger partial charge in [-0.1, -0.05) is 53.2 Å². The van der Waals surface area contributed by atoms with Crippen LogP contribution in [0.1, 0.15) is 87.0 Å². The number of carbonyl (C=O) groups excluding carboxylic acids is 1. The quantitative estimate of drug-likeness (QED) is 0.318. The minimum absolute atomic E-state index is 0.0163. The summed E-state index contributed by atoms with van der Waals surface area (Å²) in [6.07, 6.45) is 7.05. The fourth-order valence-electron chi connectivity index (χ4n) is 9.46. The number of hydrogen-bond donors (Lipinski definition) is 2. The maximum atomic E-state index is 11.6. The third-order valence-corrected chi connectivity index (χ3v) is 11.8. The standard InChI is InChI=1S/C30H48O5/c1-15(2)16(3)26-27(35-26)17(4)20-10-11-21-19-8-9-23-25(33)28(34-18(5)31)24(32)14-30(23,7)22(19)12-13-29(20,21)6/h8,15-17,20-28,32-33H,9-14H2,1-7H3/t16-,17-,20+,21-,22-,23?,24+,25-,26-,27-,28-,29+,30+/m0/s1. The van der Waals surface area contributed by atoms with E-state index in [1.165, 1.54) is 26.2 Å². The fourth-order valence-corrected chi connectivity index (χ4v) is 9.46. The highest BCUT2D eigenvalue weighted by Gasteiger charge is 2.63. The van der Waals surface area contributed by atoms with Gasteiger partial charge in [-0.05, 0) is 90.8 Å². The lowest BCUT2D eigenvalue weighted by Gasteiger charge is -2.59. The molecule has 1 aliphatic heterocycles. The lowest BCUT2D eigenvalue weighted by molar-refractivity contribution is -0.198. The van der Waals surface area contributed by atoms with Crippen LogP contribution in [0.2, 0.25) is 0 Å². The van der Waals surface area contributed by atoms with Crippen molar-refractivity contribution in [3.05, 3.63) is 11.6 Å². The monoisotopic (exact) mass is 488 g/mol. The molecule has 5 aliphatic rings. The number of hydrogen-bond acceptors (Lipinski definition) is 5. The Morgan fingerprint density at radius 1 is 1.06 bits per heavy atom. The van der Waals surface area contributed by atoms with Gasteiger partial charge in [0.25, 0.3) is 0 Å². The molecule has 13 atom stereocenters. The van der Waals surface area contributed by atoms with E-state index in [2.05, 4.69) is 47.6 Å². The van der Waals surface area contributed by atoms with Crippen molar-refractivity contribution in [2.45, 2.75) is 118 Å². The lowest BCUT2D eigenvalue weighted by Crippen LogP contribution is -2.60. The first kappa shape index (κ1) is 25.7. The predicted octanol–water partition coefficient (Wildman–Crippen LogP) is 5.13. The Hall–Kier alpha value is -0.910. The first-order valence-electron chi connectivity index (χ1n) is 14.3. The topological polar surface area (TPSA) is 79.3 Å². The number of epoxide rings is 1. The number of rotatable bonds is 5. The molecule has 5 nitrogen and oxygen atoms in total. The van der Waals surface area contributed by atoms with Crippen molar-refractivity contribution in [2.24, 2.45) is 52.3 Å². The number of aliphatic hydroxyl groups excluding tert-OH is 2. The van der Waals surface area contributed by atoms with Crippen LogP contribution in [0.5, 0.6) is 0 Å². The van der Waals surface area contributed by atoms with Gasteiger partial charge in [0.2, 0.25) is 0 Å². The van der Waals surface area contributed by atoms with E-state index in [1.807, 2.05) is 0 Å². The van der Waals surface area contributed by atoms with Gasteiger partial charge in [0.1, 0.15) is 0 Å². The maximum absolute atomic E-state index is 11.6. The van der Waals surface area contributed by atoms with E-state index in [0.717, 1.165) is 12.8 Å². The number of esters is 1. The highest BCUT2D eigenvalue weighted by molar-refractivity contribution is 5.66. The lowest BCUT2D eigenvalue weighted by atomic mass is 9.47. The molecule has 2 N–H and O–H groups in total. The van der Waals surface area contributed by atoms with Crippen LogP contribution in [0.15, 0.2) is 11.6 Å². The summed E-state index contributed by atoms with van der Waals surface area (Å²) in [5.74, 6) is 3.10. The van der Waals surface area contributed by atoms with Crippen molar-refractivity contribution in [2.75, 3.05) is 0 Å². The Morgan fingerprint density at radius 2 is 1.74 bits per heavy atom. The Bertz CT molecular complexity index is 867. The highest BCUT2D eigenvalue weighted by atomic mass is 16.6. The summed E-state index contributed by atoms with van der Waals surface area (Å²) in [5.41, 5.74) is 1.73. The van der Waals surface area contributed by atoms with Gasteiger partial charge in [0, 0.05) is 6.92 Å². The highest BCUT2D eigenvalue weighted by Crippen LogP contribution is 2.67. The average Bonchev–Trinajstić information content (AvgIpc) is 3.49. The van der Waals surface area contributed by atoms with Gasteiger partial charge in [0.15, 0.2) is 6.10 Å². The van der Waals surface area contributed by atoms with E-state index >= 15 is 0 Å². The molecule has 0 radical (unpaired) electrons. The minimum atomic E-state index is -0.818. The predicted molar refractivity (Wildman–Crippen MR) is 135 cm³/mol. The molecule has 3 saturated carbocycles. The van der Waals surface area contributed by atoms with Crippen LogP contribution in [0, 0.1) is 52.3 Å². The van der Waals surface area contributed by atoms with Gasteiger partial charge in [0.05, 0.1) is 24.4 Å². The molecular weight excluding hydrogens is 440 g/mol. The van der Waals surface area contributed by atoms with Crippen LogP contribution in [0.25, 0.3) is 0 Å². The SMILES string of the molecule is CC(=O)O[C@H]1[C@H](O)C[C@@]2(C)C(CC=C3[C@@H]4CC[C@H]([C@H](C)[C@@H]5O[C@H]5[C@@H](C)C(C)C)[C@@]4(C)CC[C@@H]32)[C@@H]1O. The van der Waals surface area contributed by atoms with Crippen molar-refractivity contribution in [3.8, 4) is 0 Å². The van der Waals surface area contributed by atoms with Gasteiger partial charge >= 0.3 is 5.97 Å². The maximum Gasteiger partial charge on any atom is 0.303 e. The second-order valence-electron chi connectivity index (χ2n) is 13.7. The van der Waals surface area contributed by atoms with Gasteiger partial charge < -0.3 is 19.7 Å². The van der Waals surface area contributed by atoms with E-state index in [-0.39, 0.29) is 11.3 Å². The Balaban J connectivity index is 1.35. The Labute approximate surface area is 212 Å². The zero-order valence-corrected chi connectivity index (χ0v) is 22.9. The summed E-state index contributed by atoms with van der Waals surface area (Å²) in [6, 6.07) is 0. The summed E-state index contributed by atoms with van der Waals surface area (Å²) in [5, 5.41) is 22.1. The molecule has 0 amide bonds. The first-order chi connectivity index (χ1) is 16.4. The molecule has 198 valence electrons. The summed E-state index contributed by atoms with van der Waals surface area (Å²) in [7, 11) is 0.